The Morgan fingerprint density at radius 3 is 3.05 bits per heavy atom. The van der Waals surface area contributed by atoms with Crippen LogP contribution in [0, 0.1) is 5.92 Å². The fourth-order valence-corrected chi connectivity index (χ4v) is 2.16. The van der Waals surface area contributed by atoms with Gasteiger partial charge in [-0.15, -0.1) is 0 Å². The highest BCUT2D eigenvalue weighted by Gasteiger charge is 2.20. The van der Waals surface area contributed by atoms with Gasteiger partial charge in [-0.1, -0.05) is 17.7 Å². The Kier molecular flexibility index (Phi) is 3.40. The summed E-state index contributed by atoms with van der Waals surface area (Å²) in [5.41, 5.74) is 1.49. The third kappa shape index (κ3) is 3.05. The highest BCUT2D eigenvalue weighted by atomic mass is 35.5. The van der Waals surface area contributed by atoms with E-state index < -0.39 is 0 Å². The standard InChI is InChI=1S/C13H15ClN4O/c14-9-2-1-3-10-12(9)18-13(16-10)17-11(19)7-15-6-8-4-5-8/h1-3,8,15H,4-7H2,(H2,16,17,18,19). The van der Waals surface area contributed by atoms with Crippen molar-refractivity contribution in [2.24, 2.45) is 5.92 Å². The fraction of sp³-hybridized carbons (Fsp3) is 0.385. The summed E-state index contributed by atoms with van der Waals surface area (Å²) in [4.78, 5) is 19.0. The molecule has 2 aromatic rings. The van der Waals surface area contributed by atoms with E-state index in [1.165, 1.54) is 12.8 Å². The molecule has 1 aromatic carbocycles. The van der Waals surface area contributed by atoms with Crippen molar-refractivity contribution in [1.82, 2.24) is 15.3 Å². The number of para-hydroxylation sites is 1. The van der Waals surface area contributed by atoms with Crippen LogP contribution in [0.5, 0.6) is 0 Å². The van der Waals surface area contributed by atoms with Crippen molar-refractivity contribution in [2.45, 2.75) is 12.8 Å². The monoisotopic (exact) mass is 278 g/mol. The summed E-state index contributed by atoms with van der Waals surface area (Å²) in [5.74, 6) is 1.09. The van der Waals surface area contributed by atoms with Crippen molar-refractivity contribution in [3.05, 3.63) is 23.2 Å². The number of aromatic amines is 1. The van der Waals surface area contributed by atoms with Crippen LogP contribution in [0.25, 0.3) is 11.0 Å². The number of benzene rings is 1. The molecule has 3 N–H and O–H groups in total. The number of hydrogen-bond acceptors (Lipinski definition) is 3. The summed E-state index contributed by atoms with van der Waals surface area (Å²) in [6.07, 6.45) is 2.55. The lowest BCUT2D eigenvalue weighted by atomic mass is 10.3. The number of carbonyl (C=O) groups is 1. The van der Waals surface area contributed by atoms with Crippen LogP contribution in [0.4, 0.5) is 5.95 Å². The van der Waals surface area contributed by atoms with E-state index in [9.17, 15) is 4.79 Å². The predicted molar refractivity (Wildman–Crippen MR) is 75.3 cm³/mol. The molecule has 0 unspecified atom stereocenters. The van der Waals surface area contributed by atoms with Crippen LogP contribution in [0.15, 0.2) is 18.2 Å². The Labute approximate surface area is 115 Å². The average Bonchev–Trinajstić information content (AvgIpc) is 3.09. The zero-order valence-corrected chi connectivity index (χ0v) is 11.1. The van der Waals surface area contributed by atoms with Crippen LogP contribution >= 0.6 is 11.6 Å². The fourth-order valence-electron chi connectivity index (χ4n) is 1.94. The third-order valence-electron chi connectivity index (χ3n) is 3.14. The topological polar surface area (TPSA) is 69.8 Å². The normalized spacial score (nSPS) is 14.8. The zero-order valence-electron chi connectivity index (χ0n) is 10.4. The SMILES string of the molecule is O=C(CNCC1CC1)Nc1nc2c(Cl)cccc2[nH]1. The van der Waals surface area contributed by atoms with Crippen molar-refractivity contribution in [3.63, 3.8) is 0 Å². The number of imidazole rings is 1. The van der Waals surface area contributed by atoms with Gasteiger partial charge in [0.05, 0.1) is 17.1 Å². The minimum Gasteiger partial charge on any atom is -0.324 e. The summed E-state index contributed by atoms with van der Waals surface area (Å²) in [6.45, 7) is 1.22. The first-order valence-electron chi connectivity index (χ1n) is 6.37. The van der Waals surface area contributed by atoms with Crippen molar-refractivity contribution in [1.29, 1.82) is 0 Å². The number of rotatable bonds is 5. The van der Waals surface area contributed by atoms with Crippen molar-refractivity contribution < 1.29 is 4.79 Å². The summed E-state index contributed by atoms with van der Waals surface area (Å²) >= 11 is 6.02. The molecule has 6 heteroatoms. The van der Waals surface area contributed by atoms with Gasteiger partial charge in [0, 0.05) is 0 Å². The summed E-state index contributed by atoms with van der Waals surface area (Å²) in [7, 11) is 0. The predicted octanol–water partition coefficient (Wildman–Crippen LogP) is 2.15. The molecule has 0 atom stereocenters. The van der Waals surface area contributed by atoms with E-state index in [2.05, 4.69) is 20.6 Å². The Bertz CT molecular complexity index is 606. The number of anilines is 1. The van der Waals surface area contributed by atoms with Gasteiger partial charge in [-0.05, 0) is 37.4 Å². The highest BCUT2D eigenvalue weighted by molar-refractivity contribution is 6.35. The molecule has 1 aliphatic carbocycles. The lowest BCUT2D eigenvalue weighted by Gasteiger charge is -2.03. The third-order valence-corrected chi connectivity index (χ3v) is 3.44. The molecule has 1 saturated carbocycles. The lowest BCUT2D eigenvalue weighted by molar-refractivity contribution is -0.115. The van der Waals surface area contributed by atoms with Crippen LogP contribution < -0.4 is 10.6 Å². The molecule has 1 amide bonds. The minimum absolute atomic E-state index is 0.101. The molecule has 1 heterocycles. The molecule has 1 aliphatic rings. The number of nitrogens with one attached hydrogen (secondary N) is 3. The van der Waals surface area contributed by atoms with Gasteiger partial charge in [-0.3, -0.25) is 10.1 Å². The quantitative estimate of drug-likeness (QED) is 0.785. The minimum atomic E-state index is -0.101. The summed E-state index contributed by atoms with van der Waals surface area (Å²) in [6, 6.07) is 5.48. The molecule has 0 aliphatic heterocycles. The van der Waals surface area contributed by atoms with Gasteiger partial charge in [0.2, 0.25) is 11.9 Å². The number of aromatic nitrogens is 2. The molecular weight excluding hydrogens is 264 g/mol. The van der Waals surface area contributed by atoms with Gasteiger partial charge in [0.25, 0.3) is 0 Å². The van der Waals surface area contributed by atoms with E-state index in [1.54, 1.807) is 6.07 Å². The molecule has 0 bridgehead atoms. The number of carbonyl (C=O) groups excluding carboxylic acids is 1. The largest absolute Gasteiger partial charge is 0.324 e. The Morgan fingerprint density at radius 1 is 1.47 bits per heavy atom. The number of hydrogen-bond donors (Lipinski definition) is 3. The number of fused-ring (bicyclic) bond motifs is 1. The van der Waals surface area contributed by atoms with E-state index in [-0.39, 0.29) is 5.91 Å². The van der Waals surface area contributed by atoms with Crippen LogP contribution in [-0.2, 0) is 4.79 Å². The molecule has 0 radical (unpaired) electrons. The average molecular weight is 279 g/mol. The molecule has 0 spiro atoms. The molecule has 5 nitrogen and oxygen atoms in total. The highest BCUT2D eigenvalue weighted by Crippen LogP contribution is 2.27. The molecule has 1 aromatic heterocycles. The Balaban J connectivity index is 1.60. The van der Waals surface area contributed by atoms with Gasteiger partial charge < -0.3 is 10.3 Å². The molecular formula is C13H15ClN4O. The van der Waals surface area contributed by atoms with Crippen molar-refractivity contribution in [3.8, 4) is 0 Å². The van der Waals surface area contributed by atoms with Gasteiger partial charge in [0.15, 0.2) is 0 Å². The van der Waals surface area contributed by atoms with E-state index in [0.29, 0.717) is 23.0 Å². The van der Waals surface area contributed by atoms with Crippen LogP contribution in [0.2, 0.25) is 5.02 Å². The second-order valence-corrected chi connectivity index (χ2v) is 5.25. The van der Waals surface area contributed by atoms with Crippen molar-refractivity contribution in [2.75, 3.05) is 18.4 Å². The molecule has 3 rings (SSSR count). The maximum Gasteiger partial charge on any atom is 0.240 e. The van der Waals surface area contributed by atoms with E-state index in [1.807, 2.05) is 12.1 Å². The van der Waals surface area contributed by atoms with Crippen molar-refractivity contribution >= 4 is 34.5 Å². The summed E-state index contributed by atoms with van der Waals surface area (Å²) in [5, 5.41) is 6.43. The van der Waals surface area contributed by atoms with E-state index >= 15 is 0 Å². The number of amides is 1. The number of H-pyrrole nitrogens is 1. The molecule has 19 heavy (non-hydrogen) atoms. The van der Waals surface area contributed by atoms with Crippen LogP contribution in [-0.4, -0.2) is 29.0 Å². The van der Waals surface area contributed by atoms with Gasteiger partial charge in [-0.2, -0.15) is 0 Å². The second-order valence-electron chi connectivity index (χ2n) is 4.84. The Hall–Kier alpha value is -1.59. The first-order valence-corrected chi connectivity index (χ1v) is 6.75. The first-order chi connectivity index (χ1) is 9.22. The maximum absolute atomic E-state index is 11.7. The second kappa shape index (κ2) is 5.19. The molecule has 1 fully saturated rings. The van der Waals surface area contributed by atoms with E-state index in [0.717, 1.165) is 18.0 Å². The van der Waals surface area contributed by atoms with Gasteiger partial charge in [-0.25, -0.2) is 4.98 Å². The number of nitrogens with zero attached hydrogens (tertiary/aromatic N) is 1. The number of halogens is 1. The molecule has 0 saturated heterocycles. The Morgan fingerprint density at radius 2 is 2.32 bits per heavy atom. The lowest BCUT2D eigenvalue weighted by Crippen LogP contribution is -2.29. The van der Waals surface area contributed by atoms with Gasteiger partial charge >= 0.3 is 0 Å². The summed E-state index contributed by atoms with van der Waals surface area (Å²) < 4.78 is 0. The van der Waals surface area contributed by atoms with Crippen LogP contribution in [0.3, 0.4) is 0 Å². The van der Waals surface area contributed by atoms with Crippen LogP contribution in [0.1, 0.15) is 12.8 Å². The first kappa shape index (κ1) is 12.4. The smallest absolute Gasteiger partial charge is 0.240 e. The molecule has 100 valence electrons. The maximum atomic E-state index is 11.7. The zero-order chi connectivity index (χ0) is 13.2. The van der Waals surface area contributed by atoms with Gasteiger partial charge in [0.1, 0.15) is 5.52 Å². The van der Waals surface area contributed by atoms with E-state index in [4.69, 9.17) is 11.6 Å².